The Bertz CT molecular complexity index is 992. The monoisotopic (exact) mass is 382 g/mol. The van der Waals surface area contributed by atoms with Crippen LogP contribution < -0.4 is 5.56 Å². The SMILES string of the molecule is Cn1c(SCc2nccn2C(F)F)nc2sc3c(c2c1=O)CCCC3. The summed E-state index contributed by atoms with van der Waals surface area (Å²) in [5, 5.41) is 1.26. The first kappa shape index (κ1) is 16.7. The molecule has 0 amide bonds. The Balaban J connectivity index is 1.69. The number of thioether (sulfide) groups is 1. The van der Waals surface area contributed by atoms with Gasteiger partial charge in [-0.1, -0.05) is 11.8 Å². The van der Waals surface area contributed by atoms with Crippen molar-refractivity contribution in [3.05, 3.63) is 39.0 Å². The van der Waals surface area contributed by atoms with Gasteiger partial charge in [-0.3, -0.25) is 13.9 Å². The largest absolute Gasteiger partial charge is 0.319 e. The van der Waals surface area contributed by atoms with E-state index in [2.05, 4.69) is 9.97 Å². The molecule has 0 N–H and O–H groups in total. The minimum Gasteiger partial charge on any atom is -0.290 e. The maximum atomic E-state index is 12.9. The molecule has 3 aromatic rings. The Hall–Kier alpha value is -1.74. The molecule has 0 spiro atoms. The van der Waals surface area contributed by atoms with E-state index in [0.717, 1.165) is 46.0 Å². The van der Waals surface area contributed by atoms with Gasteiger partial charge in [-0.05, 0) is 31.2 Å². The van der Waals surface area contributed by atoms with Gasteiger partial charge in [0.25, 0.3) is 5.56 Å². The van der Waals surface area contributed by atoms with E-state index in [9.17, 15) is 13.6 Å². The highest BCUT2D eigenvalue weighted by Gasteiger charge is 2.21. The summed E-state index contributed by atoms with van der Waals surface area (Å²) in [6.07, 6.45) is 6.81. The molecule has 3 aromatic heterocycles. The summed E-state index contributed by atoms with van der Waals surface area (Å²) in [6.45, 7) is -2.62. The van der Waals surface area contributed by atoms with Crippen molar-refractivity contribution in [1.29, 1.82) is 0 Å². The van der Waals surface area contributed by atoms with Gasteiger partial charge in [0.05, 0.1) is 11.1 Å². The van der Waals surface area contributed by atoms with Gasteiger partial charge >= 0.3 is 6.55 Å². The van der Waals surface area contributed by atoms with E-state index in [4.69, 9.17) is 0 Å². The van der Waals surface area contributed by atoms with Crippen molar-refractivity contribution in [3.8, 4) is 0 Å². The smallest absolute Gasteiger partial charge is 0.290 e. The molecule has 0 aromatic carbocycles. The fraction of sp³-hybridized carbons (Fsp3) is 0.438. The summed E-state index contributed by atoms with van der Waals surface area (Å²) in [4.78, 5) is 23.4. The molecule has 0 unspecified atom stereocenters. The first-order valence-corrected chi connectivity index (χ1v) is 9.80. The zero-order valence-electron chi connectivity index (χ0n) is 13.5. The lowest BCUT2D eigenvalue weighted by Gasteiger charge is -2.11. The topological polar surface area (TPSA) is 52.7 Å². The second-order valence-electron chi connectivity index (χ2n) is 5.97. The molecule has 0 atom stereocenters. The zero-order valence-corrected chi connectivity index (χ0v) is 15.2. The number of thiophene rings is 1. The minimum absolute atomic E-state index is 0.0518. The Kier molecular flexibility index (Phi) is 4.36. The quantitative estimate of drug-likeness (QED) is 0.509. The van der Waals surface area contributed by atoms with E-state index in [-0.39, 0.29) is 17.1 Å². The Morgan fingerprint density at radius 1 is 1.36 bits per heavy atom. The molecule has 132 valence electrons. The van der Waals surface area contributed by atoms with Gasteiger partial charge in [0.15, 0.2) is 5.16 Å². The Morgan fingerprint density at radius 3 is 2.96 bits per heavy atom. The predicted molar refractivity (Wildman–Crippen MR) is 94.5 cm³/mol. The van der Waals surface area contributed by atoms with Crippen LogP contribution in [0.5, 0.6) is 0 Å². The summed E-state index contributed by atoms with van der Waals surface area (Å²) in [6, 6.07) is 0. The second kappa shape index (κ2) is 6.53. The number of rotatable bonds is 4. The van der Waals surface area contributed by atoms with Crippen molar-refractivity contribution in [2.45, 2.75) is 43.1 Å². The number of halogens is 2. The van der Waals surface area contributed by atoms with E-state index >= 15 is 0 Å². The van der Waals surface area contributed by atoms with Crippen LogP contribution in [0, 0.1) is 0 Å². The molecule has 0 saturated heterocycles. The molecule has 1 aliphatic rings. The molecule has 25 heavy (non-hydrogen) atoms. The van der Waals surface area contributed by atoms with E-state index in [1.807, 2.05) is 0 Å². The number of fused-ring (bicyclic) bond motifs is 3. The summed E-state index contributed by atoms with van der Waals surface area (Å²) in [5.41, 5.74) is 1.10. The van der Waals surface area contributed by atoms with Crippen LogP contribution in [-0.2, 0) is 25.6 Å². The van der Waals surface area contributed by atoms with Gasteiger partial charge in [-0.25, -0.2) is 9.97 Å². The average molecular weight is 382 g/mol. The highest BCUT2D eigenvalue weighted by molar-refractivity contribution is 7.98. The van der Waals surface area contributed by atoms with Gasteiger partial charge in [-0.15, -0.1) is 11.3 Å². The van der Waals surface area contributed by atoms with Crippen molar-refractivity contribution in [2.24, 2.45) is 7.05 Å². The van der Waals surface area contributed by atoms with Crippen LogP contribution in [0.4, 0.5) is 8.78 Å². The third kappa shape index (κ3) is 2.89. The lowest BCUT2D eigenvalue weighted by molar-refractivity contribution is 0.0678. The van der Waals surface area contributed by atoms with Gasteiger partial charge in [0, 0.05) is 24.3 Å². The molecule has 4 rings (SSSR count). The predicted octanol–water partition coefficient (Wildman–Crippen LogP) is 3.76. The van der Waals surface area contributed by atoms with Gasteiger partial charge in [0.1, 0.15) is 10.7 Å². The maximum absolute atomic E-state index is 12.9. The number of nitrogens with zero attached hydrogens (tertiary/aromatic N) is 4. The number of imidazole rings is 1. The van der Waals surface area contributed by atoms with E-state index < -0.39 is 6.55 Å². The molecule has 0 saturated carbocycles. The zero-order chi connectivity index (χ0) is 17.6. The molecule has 1 aliphatic carbocycles. The van der Waals surface area contributed by atoms with Crippen LogP contribution in [0.15, 0.2) is 22.3 Å². The third-order valence-electron chi connectivity index (χ3n) is 4.44. The lowest BCUT2D eigenvalue weighted by Crippen LogP contribution is -2.20. The maximum Gasteiger partial charge on any atom is 0.319 e. The second-order valence-corrected chi connectivity index (χ2v) is 7.99. The molecular formula is C16H16F2N4OS2. The number of aromatic nitrogens is 4. The number of hydrogen-bond donors (Lipinski definition) is 0. The average Bonchev–Trinajstić information content (AvgIpc) is 3.20. The summed E-state index contributed by atoms with van der Waals surface area (Å²) in [5.74, 6) is 0.494. The number of hydrogen-bond acceptors (Lipinski definition) is 5. The Labute approximate surface area is 150 Å². The van der Waals surface area contributed by atoms with Crippen LogP contribution in [0.2, 0.25) is 0 Å². The minimum atomic E-state index is -2.62. The van der Waals surface area contributed by atoms with E-state index in [0.29, 0.717) is 5.16 Å². The molecule has 0 fully saturated rings. The molecule has 0 radical (unpaired) electrons. The lowest BCUT2D eigenvalue weighted by atomic mass is 9.97. The van der Waals surface area contributed by atoms with Crippen LogP contribution in [0.1, 0.15) is 35.7 Å². The third-order valence-corrected chi connectivity index (χ3v) is 6.66. The standard InChI is InChI=1S/C16H16F2N4OS2/c1-21-14(23)12-9-4-2-3-5-10(9)25-13(12)20-16(21)24-8-11-19-6-7-22(11)15(17)18/h6-7,15H,2-5,8H2,1H3. The Morgan fingerprint density at radius 2 is 2.16 bits per heavy atom. The van der Waals surface area contributed by atoms with Crippen LogP contribution in [0.3, 0.4) is 0 Å². The van der Waals surface area contributed by atoms with Crippen LogP contribution in [-0.4, -0.2) is 19.1 Å². The first-order chi connectivity index (χ1) is 12.1. The van der Waals surface area contributed by atoms with Crippen molar-refractivity contribution in [2.75, 3.05) is 0 Å². The van der Waals surface area contributed by atoms with Crippen molar-refractivity contribution >= 4 is 33.3 Å². The normalized spacial score (nSPS) is 14.4. The van der Waals surface area contributed by atoms with Crippen LogP contribution >= 0.6 is 23.1 Å². The van der Waals surface area contributed by atoms with Gasteiger partial charge in [-0.2, -0.15) is 8.78 Å². The van der Waals surface area contributed by atoms with Crippen molar-refractivity contribution in [3.63, 3.8) is 0 Å². The number of aryl methyl sites for hydroxylation is 2. The molecule has 9 heteroatoms. The summed E-state index contributed by atoms with van der Waals surface area (Å²) >= 11 is 2.84. The first-order valence-electron chi connectivity index (χ1n) is 8.00. The summed E-state index contributed by atoms with van der Waals surface area (Å²) in [7, 11) is 1.68. The van der Waals surface area contributed by atoms with Crippen molar-refractivity contribution < 1.29 is 8.78 Å². The molecular weight excluding hydrogens is 366 g/mol. The highest BCUT2D eigenvalue weighted by Crippen LogP contribution is 2.34. The molecule has 0 bridgehead atoms. The van der Waals surface area contributed by atoms with Gasteiger partial charge in [0.2, 0.25) is 0 Å². The molecule has 0 aliphatic heterocycles. The van der Waals surface area contributed by atoms with E-state index in [1.165, 1.54) is 33.6 Å². The molecule has 3 heterocycles. The fourth-order valence-electron chi connectivity index (χ4n) is 3.16. The highest BCUT2D eigenvalue weighted by atomic mass is 32.2. The number of alkyl halides is 2. The summed E-state index contributed by atoms with van der Waals surface area (Å²) < 4.78 is 28.2. The molecule has 5 nitrogen and oxygen atoms in total. The van der Waals surface area contributed by atoms with E-state index in [1.54, 1.807) is 18.4 Å². The van der Waals surface area contributed by atoms with Crippen molar-refractivity contribution in [1.82, 2.24) is 19.1 Å². The fourth-order valence-corrected chi connectivity index (χ4v) is 5.38. The van der Waals surface area contributed by atoms with Crippen LogP contribution in [0.25, 0.3) is 10.2 Å². The van der Waals surface area contributed by atoms with Gasteiger partial charge < -0.3 is 0 Å².